The molecule has 0 unspecified atom stereocenters. The number of carbonyl (C=O) groups excluding carboxylic acids is 1. The SMILES string of the molecule is COc1cc(/C=N\NC(=O)c2ccc(N3CCCC3)cc2)cc(I)c1OCc1ccccc1Cl. The quantitative estimate of drug-likeness (QED) is 0.202. The number of methoxy groups -OCH3 is 1. The molecule has 1 heterocycles. The third kappa shape index (κ3) is 6.01. The highest BCUT2D eigenvalue weighted by atomic mass is 127. The first-order chi connectivity index (χ1) is 16.5. The molecule has 176 valence electrons. The Hall–Kier alpha value is -2.78. The first-order valence-corrected chi connectivity index (χ1v) is 12.4. The van der Waals surface area contributed by atoms with Crippen molar-refractivity contribution in [2.45, 2.75) is 19.4 Å². The van der Waals surface area contributed by atoms with Crippen LogP contribution in [0.2, 0.25) is 5.02 Å². The van der Waals surface area contributed by atoms with Gasteiger partial charge in [0, 0.05) is 34.9 Å². The molecule has 0 radical (unpaired) electrons. The van der Waals surface area contributed by atoms with Gasteiger partial charge in [-0.2, -0.15) is 5.10 Å². The van der Waals surface area contributed by atoms with Gasteiger partial charge in [-0.25, -0.2) is 5.43 Å². The van der Waals surface area contributed by atoms with Gasteiger partial charge in [0.1, 0.15) is 6.61 Å². The lowest BCUT2D eigenvalue weighted by Crippen LogP contribution is -2.19. The van der Waals surface area contributed by atoms with Gasteiger partial charge in [-0.15, -0.1) is 0 Å². The summed E-state index contributed by atoms with van der Waals surface area (Å²) < 4.78 is 12.4. The fourth-order valence-corrected chi connectivity index (χ4v) is 4.72. The number of ether oxygens (including phenoxy) is 2. The van der Waals surface area contributed by atoms with Crippen LogP contribution in [-0.4, -0.2) is 32.3 Å². The highest BCUT2D eigenvalue weighted by Gasteiger charge is 2.14. The van der Waals surface area contributed by atoms with Gasteiger partial charge in [-0.3, -0.25) is 4.79 Å². The monoisotopic (exact) mass is 589 g/mol. The highest BCUT2D eigenvalue weighted by Crippen LogP contribution is 2.34. The van der Waals surface area contributed by atoms with E-state index in [0.29, 0.717) is 28.7 Å². The molecule has 1 aliphatic heterocycles. The molecule has 3 aromatic carbocycles. The van der Waals surface area contributed by atoms with Crippen molar-refractivity contribution < 1.29 is 14.3 Å². The number of hydrogen-bond acceptors (Lipinski definition) is 5. The summed E-state index contributed by atoms with van der Waals surface area (Å²) in [6.07, 6.45) is 4.02. The van der Waals surface area contributed by atoms with Crippen LogP contribution < -0.4 is 19.8 Å². The van der Waals surface area contributed by atoms with E-state index in [1.807, 2.05) is 60.7 Å². The van der Waals surface area contributed by atoms with Gasteiger partial charge in [0.2, 0.25) is 0 Å². The normalized spacial score (nSPS) is 13.3. The summed E-state index contributed by atoms with van der Waals surface area (Å²) in [7, 11) is 1.59. The van der Waals surface area contributed by atoms with Gasteiger partial charge >= 0.3 is 0 Å². The molecule has 4 rings (SSSR count). The smallest absolute Gasteiger partial charge is 0.271 e. The molecular formula is C26H25ClIN3O3. The van der Waals surface area contributed by atoms with Crippen molar-refractivity contribution in [1.29, 1.82) is 0 Å². The zero-order valence-electron chi connectivity index (χ0n) is 18.8. The number of hydrogen-bond donors (Lipinski definition) is 1. The Bertz CT molecular complexity index is 1180. The minimum absolute atomic E-state index is 0.259. The standard InChI is InChI=1S/C26H25ClIN3O3/c1-33-24-15-18(14-23(28)25(24)34-17-20-6-2-3-7-22(20)27)16-29-30-26(32)19-8-10-21(11-9-19)31-12-4-5-13-31/h2-3,6-11,14-16H,4-5,12-13,17H2,1H3,(H,30,32)/b29-16-. The average Bonchev–Trinajstić information content (AvgIpc) is 3.39. The van der Waals surface area contributed by atoms with Crippen LogP contribution in [0.4, 0.5) is 5.69 Å². The van der Waals surface area contributed by atoms with Gasteiger partial charge < -0.3 is 14.4 Å². The van der Waals surface area contributed by atoms with Crippen molar-refractivity contribution in [1.82, 2.24) is 5.43 Å². The van der Waals surface area contributed by atoms with E-state index in [1.54, 1.807) is 13.3 Å². The molecule has 3 aromatic rings. The van der Waals surface area contributed by atoms with Crippen molar-refractivity contribution in [3.63, 3.8) is 0 Å². The van der Waals surface area contributed by atoms with E-state index in [4.69, 9.17) is 21.1 Å². The Balaban J connectivity index is 1.39. The lowest BCUT2D eigenvalue weighted by Gasteiger charge is -2.17. The molecule has 6 nitrogen and oxygen atoms in total. The Labute approximate surface area is 218 Å². The number of halogens is 2. The Morgan fingerprint density at radius 2 is 1.88 bits per heavy atom. The number of anilines is 1. The fraction of sp³-hybridized carbons (Fsp3) is 0.231. The van der Waals surface area contributed by atoms with Crippen molar-refractivity contribution in [3.8, 4) is 11.5 Å². The molecular weight excluding hydrogens is 565 g/mol. The van der Waals surface area contributed by atoms with Crippen molar-refractivity contribution in [2.24, 2.45) is 5.10 Å². The van der Waals surface area contributed by atoms with Crippen LogP contribution in [0.3, 0.4) is 0 Å². The largest absolute Gasteiger partial charge is 0.493 e. The third-order valence-electron chi connectivity index (χ3n) is 5.56. The number of nitrogens with zero attached hydrogens (tertiary/aromatic N) is 2. The maximum absolute atomic E-state index is 12.5. The Morgan fingerprint density at radius 3 is 2.59 bits per heavy atom. The van der Waals surface area contributed by atoms with Gasteiger partial charge in [0.05, 0.1) is 16.9 Å². The molecule has 0 atom stereocenters. The molecule has 0 aliphatic carbocycles. The van der Waals surface area contributed by atoms with Crippen LogP contribution >= 0.6 is 34.2 Å². The number of nitrogens with one attached hydrogen (secondary N) is 1. The van der Waals surface area contributed by atoms with E-state index in [9.17, 15) is 4.79 Å². The van der Waals surface area contributed by atoms with Gasteiger partial charge in [0.15, 0.2) is 11.5 Å². The lowest BCUT2D eigenvalue weighted by molar-refractivity contribution is 0.0955. The molecule has 1 saturated heterocycles. The average molecular weight is 590 g/mol. The number of carbonyl (C=O) groups is 1. The minimum Gasteiger partial charge on any atom is -0.493 e. The van der Waals surface area contributed by atoms with Crippen molar-refractivity contribution in [2.75, 3.05) is 25.1 Å². The first kappa shape index (κ1) is 24.3. The van der Waals surface area contributed by atoms with E-state index in [0.717, 1.165) is 33.5 Å². The van der Waals surface area contributed by atoms with Crippen LogP contribution in [0.5, 0.6) is 11.5 Å². The van der Waals surface area contributed by atoms with Crippen LogP contribution in [0.1, 0.15) is 34.3 Å². The second kappa shape index (κ2) is 11.6. The number of amides is 1. The van der Waals surface area contributed by atoms with E-state index in [2.05, 4.69) is 38.0 Å². The third-order valence-corrected chi connectivity index (χ3v) is 6.73. The predicted octanol–water partition coefficient (Wildman–Crippen LogP) is 5.90. The zero-order chi connectivity index (χ0) is 23.9. The maximum Gasteiger partial charge on any atom is 0.271 e. The minimum atomic E-state index is -0.259. The van der Waals surface area contributed by atoms with E-state index >= 15 is 0 Å². The molecule has 1 aliphatic rings. The number of benzene rings is 3. The first-order valence-electron chi connectivity index (χ1n) is 11.0. The summed E-state index contributed by atoms with van der Waals surface area (Å²) >= 11 is 8.42. The zero-order valence-corrected chi connectivity index (χ0v) is 21.7. The summed E-state index contributed by atoms with van der Waals surface area (Å²) in [5, 5.41) is 4.77. The fourth-order valence-electron chi connectivity index (χ4n) is 3.75. The lowest BCUT2D eigenvalue weighted by atomic mass is 10.2. The molecule has 0 saturated carbocycles. The molecule has 0 spiro atoms. The molecule has 1 amide bonds. The van der Waals surface area contributed by atoms with Crippen LogP contribution in [0.25, 0.3) is 0 Å². The molecule has 8 heteroatoms. The van der Waals surface area contributed by atoms with Crippen molar-refractivity contribution >= 4 is 52.0 Å². The van der Waals surface area contributed by atoms with E-state index < -0.39 is 0 Å². The summed E-state index contributed by atoms with van der Waals surface area (Å²) in [6.45, 7) is 2.47. The highest BCUT2D eigenvalue weighted by molar-refractivity contribution is 14.1. The molecule has 1 fully saturated rings. The van der Waals surface area contributed by atoms with Crippen molar-refractivity contribution in [3.05, 3.63) is 85.9 Å². The topological polar surface area (TPSA) is 63.2 Å². The van der Waals surface area contributed by atoms with Gasteiger partial charge in [-0.1, -0.05) is 29.8 Å². The second-order valence-corrected chi connectivity index (χ2v) is 9.42. The van der Waals surface area contributed by atoms with Crippen LogP contribution in [0.15, 0.2) is 65.8 Å². The maximum atomic E-state index is 12.5. The Morgan fingerprint density at radius 1 is 1.15 bits per heavy atom. The molecule has 0 bridgehead atoms. The summed E-state index contributed by atoms with van der Waals surface area (Å²) in [5.74, 6) is 0.942. The van der Waals surface area contributed by atoms with Crippen LogP contribution in [0, 0.1) is 3.57 Å². The van der Waals surface area contributed by atoms with Gasteiger partial charge in [-0.05, 0) is 83.5 Å². The van der Waals surface area contributed by atoms with E-state index in [-0.39, 0.29) is 5.91 Å². The Kier molecular flexibility index (Phi) is 8.29. The second-order valence-electron chi connectivity index (χ2n) is 7.85. The number of hydrazone groups is 1. The molecule has 34 heavy (non-hydrogen) atoms. The number of rotatable bonds is 8. The van der Waals surface area contributed by atoms with E-state index in [1.165, 1.54) is 12.8 Å². The summed E-state index contributed by atoms with van der Waals surface area (Å²) in [5.41, 5.74) is 5.97. The predicted molar refractivity (Wildman–Crippen MR) is 144 cm³/mol. The van der Waals surface area contributed by atoms with Gasteiger partial charge in [0.25, 0.3) is 5.91 Å². The summed E-state index contributed by atoms with van der Waals surface area (Å²) in [6, 6.07) is 18.9. The van der Waals surface area contributed by atoms with Crippen LogP contribution in [-0.2, 0) is 6.61 Å². The molecule has 0 aromatic heterocycles. The summed E-state index contributed by atoms with van der Waals surface area (Å²) in [4.78, 5) is 14.8. The molecule has 1 N–H and O–H groups in total.